The Hall–Kier alpha value is -1.75. The number of carboxylic acids is 1. The summed E-state index contributed by atoms with van der Waals surface area (Å²) in [6.07, 6.45) is 1.23. The molecule has 0 saturated heterocycles. The molecule has 136 valence electrons. The standard InChI is InChI=1S/C19H31NO4/c1-7-19(8-2,18(21)22)12-20-14(4)13(3)15-9-10-16(23-5)17(11-15)24-6/h9-11,13-14,20H,7-8,12H2,1-6H3,(H,21,22). The lowest BCUT2D eigenvalue weighted by Crippen LogP contribution is -2.44. The summed E-state index contributed by atoms with van der Waals surface area (Å²) >= 11 is 0. The average molecular weight is 337 g/mol. The quantitative estimate of drug-likeness (QED) is 0.682. The molecule has 0 bridgehead atoms. The molecule has 5 nitrogen and oxygen atoms in total. The van der Waals surface area contributed by atoms with Crippen molar-refractivity contribution in [3.05, 3.63) is 23.8 Å². The Labute approximate surface area is 145 Å². The summed E-state index contributed by atoms with van der Waals surface area (Å²) in [7, 11) is 3.24. The van der Waals surface area contributed by atoms with Crippen molar-refractivity contribution < 1.29 is 19.4 Å². The lowest BCUT2D eigenvalue weighted by Gasteiger charge is -2.31. The number of hydrogen-bond donors (Lipinski definition) is 2. The number of aliphatic carboxylic acids is 1. The normalized spacial score (nSPS) is 14.1. The van der Waals surface area contributed by atoms with Crippen LogP contribution in [0.3, 0.4) is 0 Å². The van der Waals surface area contributed by atoms with E-state index in [0.29, 0.717) is 30.9 Å². The molecule has 24 heavy (non-hydrogen) atoms. The second kappa shape index (κ2) is 8.92. The van der Waals surface area contributed by atoms with Crippen LogP contribution in [-0.2, 0) is 4.79 Å². The van der Waals surface area contributed by atoms with Crippen molar-refractivity contribution in [3.63, 3.8) is 0 Å². The number of carbonyl (C=O) groups is 1. The number of benzene rings is 1. The minimum absolute atomic E-state index is 0.139. The molecule has 0 aromatic heterocycles. The van der Waals surface area contributed by atoms with Crippen LogP contribution in [0.1, 0.15) is 52.0 Å². The van der Waals surface area contributed by atoms with E-state index in [0.717, 1.165) is 5.56 Å². The molecule has 5 heteroatoms. The van der Waals surface area contributed by atoms with Gasteiger partial charge in [0, 0.05) is 12.6 Å². The fraction of sp³-hybridized carbons (Fsp3) is 0.632. The van der Waals surface area contributed by atoms with Crippen molar-refractivity contribution in [2.45, 2.75) is 52.5 Å². The summed E-state index contributed by atoms with van der Waals surface area (Å²) in [6.45, 7) is 8.54. The van der Waals surface area contributed by atoms with Crippen molar-refractivity contribution in [1.29, 1.82) is 0 Å². The second-order valence-electron chi connectivity index (χ2n) is 6.37. The van der Waals surface area contributed by atoms with Crippen LogP contribution in [0.4, 0.5) is 0 Å². The third kappa shape index (κ3) is 4.41. The fourth-order valence-corrected chi connectivity index (χ4v) is 2.84. The van der Waals surface area contributed by atoms with Crippen LogP contribution in [0, 0.1) is 5.41 Å². The van der Waals surface area contributed by atoms with Crippen molar-refractivity contribution >= 4 is 5.97 Å². The molecule has 0 radical (unpaired) electrons. The molecule has 0 amide bonds. The molecule has 0 aliphatic rings. The largest absolute Gasteiger partial charge is 0.493 e. The molecule has 0 aliphatic heterocycles. The van der Waals surface area contributed by atoms with Crippen molar-refractivity contribution in [1.82, 2.24) is 5.32 Å². The van der Waals surface area contributed by atoms with Gasteiger partial charge < -0.3 is 19.9 Å². The van der Waals surface area contributed by atoms with Crippen LogP contribution in [0.15, 0.2) is 18.2 Å². The number of nitrogens with one attached hydrogen (secondary N) is 1. The number of rotatable bonds is 10. The zero-order valence-electron chi connectivity index (χ0n) is 15.7. The van der Waals surface area contributed by atoms with Gasteiger partial charge in [-0.15, -0.1) is 0 Å². The monoisotopic (exact) mass is 337 g/mol. The minimum Gasteiger partial charge on any atom is -0.493 e. The molecule has 0 heterocycles. The van der Waals surface area contributed by atoms with Gasteiger partial charge in [0.05, 0.1) is 19.6 Å². The third-order valence-corrected chi connectivity index (χ3v) is 5.25. The maximum atomic E-state index is 11.6. The lowest BCUT2D eigenvalue weighted by atomic mass is 9.81. The number of carboxylic acid groups (broad SMARTS) is 1. The van der Waals surface area contributed by atoms with E-state index >= 15 is 0 Å². The van der Waals surface area contributed by atoms with Gasteiger partial charge in [0.2, 0.25) is 0 Å². The van der Waals surface area contributed by atoms with Crippen LogP contribution in [0.25, 0.3) is 0 Å². The maximum absolute atomic E-state index is 11.6. The van der Waals surface area contributed by atoms with E-state index < -0.39 is 11.4 Å². The molecule has 2 unspecified atom stereocenters. The highest BCUT2D eigenvalue weighted by atomic mass is 16.5. The Kier molecular flexibility index (Phi) is 7.55. The predicted molar refractivity (Wildman–Crippen MR) is 96.1 cm³/mol. The summed E-state index contributed by atoms with van der Waals surface area (Å²) in [5, 5.41) is 13.0. The maximum Gasteiger partial charge on any atom is 0.310 e. The first-order chi connectivity index (χ1) is 11.3. The lowest BCUT2D eigenvalue weighted by molar-refractivity contribution is -0.149. The van der Waals surface area contributed by atoms with Gasteiger partial charge in [0.25, 0.3) is 0 Å². The van der Waals surface area contributed by atoms with Crippen LogP contribution >= 0.6 is 0 Å². The summed E-state index contributed by atoms with van der Waals surface area (Å²) in [5.74, 6) is 0.892. The van der Waals surface area contributed by atoms with E-state index in [9.17, 15) is 9.90 Å². The van der Waals surface area contributed by atoms with Gasteiger partial charge in [0.15, 0.2) is 11.5 Å². The molecule has 2 atom stereocenters. The van der Waals surface area contributed by atoms with Crippen LogP contribution < -0.4 is 14.8 Å². The van der Waals surface area contributed by atoms with Crippen LogP contribution in [-0.4, -0.2) is 37.9 Å². The molecule has 0 aliphatic carbocycles. The molecule has 1 rings (SSSR count). The third-order valence-electron chi connectivity index (χ3n) is 5.25. The van der Waals surface area contributed by atoms with Gasteiger partial charge >= 0.3 is 5.97 Å². The molecule has 1 aromatic carbocycles. The van der Waals surface area contributed by atoms with Gasteiger partial charge in [0.1, 0.15) is 0 Å². The van der Waals surface area contributed by atoms with Gasteiger partial charge in [-0.05, 0) is 43.4 Å². The molecular weight excluding hydrogens is 306 g/mol. The Bertz CT molecular complexity index is 540. The Morgan fingerprint density at radius 1 is 1.17 bits per heavy atom. The van der Waals surface area contributed by atoms with Gasteiger partial charge in [-0.2, -0.15) is 0 Å². The smallest absolute Gasteiger partial charge is 0.310 e. The minimum atomic E-state index is -0.731. The molecule has 2 N–H and O–H groups in total. The predicted octanol–water partition coefficient (Wildman–Crippen LogP) is 3.68. The number of hydrogen-bond acceptors (Lipinski definition) is 4. The molecule has 0 saturated carbocycles. The zero-order chi connectivity index (χ0) is 18.3. The van der Waals surface area contributed by atoms with E-state index in [1.165, 1.54) is 0 Å². The molecule has 1 aromatic rings. The first-order valence-corrected chi connectivity index (χ1v) is 8.53. The van der Waals surface area contributed by atoms with Crippen molar-refractivity contribution in [3.8, 4) is 11.5 Å². The van der Waals surface area contributed by atoms with E-state index in [1.54, 1.807) is 14.2 Å². The van der Waals surface area contributed by atoms with Crippen LogP contribution in [0.5, 0.6) is 11.5 Å². The van der Waals surface area contributed by atoms with Crippen molar-refractivity contribution in [2.24, 2.45) is 5.41 Å². The Morgan fingerprint density at radius 3 is 2.21 bits per heavy atom. The van der Waals surface area contributed by atoms with Gasteiger partial charge in [-0.1, -0.05) is 26.8 Å². The first kappa shape index (κ1) is 20.3. The molecular formula is C19H31NO4. The zero-order valence-corrected chi connectivity index (χ0v) is 15.7. The summed E-state index contributed by atoms with van der Waals surface area (Å²) in [4.78, 5) is 11.6. The van der Waals surface area contributed by atoms with E-state index in [2.05, 4.69) is 19.2 Å². The summed E-state index contributed by atoms with van der Waals surface area (Å²) < 4.78 is 10.6. The van der Waals surface area contributed by atoms with Gasteiger partial charge in [-0.3, -0.25) is 4.79 Å². The molecule has 0 fully saturated rings. The summed E-state index contributed by atoms with van der Waals surface area (Å²) in [6, 6.07) is 6.04. The topological polar surface area (TPSA) is 67.8 Å². The van der Waals surface area contributed by atoms with E-state index in [-0.39, 0.29) is 12.0 Å². The van der Waals surface area contributed by atoms with Gasteiger partial charge in [-0.25, -0.2) is 0 Å². The molecule has 0 spiro atoms. The SMILES string of the molecule is CCC(CC)(CNC(C)C(C)c1ccc(OC)c(OC)c1)C(=O)O. The van der Waals surface area contributed by atoms with Crippen LogP contribution in [0.2, 0.25) is 0 Å². The number of methoxy groups -OCH3 is 2. The summed E-state index contributed by atoms with van der Waals surface area (Å²) in [5.41, 5.74) is 0.424. The Balaban J connectivity index is 2.84. The highest BCUT2D eigenvalue weighted by molar-refractivity contribution is 5.74. The average Bonchev–Trinajstić information content (AvgIpc) is 2.61. The van der Waals surface area contributed by atoms with E-state index in [4.69, 9.17) is 9.47 Å². The first-order valence-electron chi connectivity index (χ1n) is 8.53. The highest BCUT2D eigenvalue weighted by Gasteiger charge is 2.35. The Morgan fingerprint density at radius 2 is 1.75 bits per heavy atom. The number of ether oxygens (including phenoxy) is 2. The van der Waals surface area contributed by atoms with E-state index in [1.807, 2.05) is 32.0 Å². The highest BCUT2D eigenvalue weighted by Crippen LogP contribution is 2.32. The van der Waals surface area contributed by atoms with Crippen molar-refractivity contribution in [2.75, 3.05) is 20.8 Å². The fourth-order valence-electron chi connectivity index (χ4n) is 2.84. The second-order valence-corrected chi connectivity index (χ2v) is 6.37.